The summed E-state index contributed by atoms with van der Waals surface area (Å²) in [4.78, 5) is 11.3. The van der Waals surface area contributed by atoms with E-state index in [9.17, 15) is 22.0 Å². The Morgan fingerprint density at radius 2 is 1.81 bits per heavy atom. The maximum atomic E-state index is 12.4. The topological polar surface area (TPSA) is 89.3 Å². The van der Waals surface area contributed by atoms with Crippen molar-refractivity contribution in [2.24, 2.45) is 11.7 Å². The Labute approximate surface area is 122 Å². The standard InChI is InChI=1S/C13H18F2N2O3S/c1-3-8(2)11(16)12(18)17-9-4-6-10(7-5-9)21(19,20)13(14)15/h4-8,11,13H,3,16H2,1-2H3,(H,17,18)/t8-,11-/m0/s1. The summed E-state index contributed by atoms with van der Waals surface area (Å²) in [6, 6.07) is 3.84. The third-order valence-electron chi connectivity index (χ3n) is 3.24. The second kappa shape index (κ2) is 6.95. The quantitative estimate of drug-likeness (QED) is 0.839. The average Bonchev–Trinajstić information content (AvgIpc) is 2.45. The van der Waals surface area contributed by atoms with E-state index in [2.05, 4.69) is 5.32 Å². The Bertz CT molecular complexity index is 588. The zero-order valence-electron chi connectivity index (χ0n) is 11.7. The van der Waals surface area contributed by atoms with Crippen LogP contribution < -0.4 is 11.1 Å². The first-order chi connectivity index (χ1) is 9.70. The minimum absolute atomic E-state index is 0.0107. The van der Waals surface area contributed by atoms with Crippen molar-refractivity contribution in [3.05, 3.63) is 24.3 Å². The van der Waals surface area contributed by atoms with Gasteiger partial charge in [0, 0.05) is 5.69 Å². The van der Waals surface area contributed by atoms with Crippen LogP contribution in [0.15, 0.2) is 29.2 Å². The van der Waals surface area contributed by atoms with Crippen LogP contribution in [0, 0.1) is 5.92 Å². The number of amides is 1. The van der Waals surface area contributed by atoms with Gasteiger partial charge in [-0.3, -0.25) is 4.79 Å². The summed E-state index contributed by atoms with van der Waals surface area (Å²) in [6.45, 7) is 3.74. The summed E-state index contributed by atoms with van der Waals surface area (Å²) < 4.78 is 47.2. The van der Waals surface area contributed by atoms with E-state index in [4.69, 9.17) is 5.73 Å². The molecule has 118 valence electrons. The fourth-order valence-electron chi connectivity index (χ4n) is 1.57. The van der Waals surface area contributed by atoms with E-state index in [1.165, 1.54) is 12.1 Å². The number of carbonyl (C=O) groups excluding carboxylic acids is 1. The summed E-state index contributed by atoms with van der Waals surface area (Å²) in [5, 5.41) is 2.52. The fourth-order valence-corrected chi connectivity index (χ4v) is 2.29. The second-order valence-corrected chi connectivity index (χ2v) is 6.65. The predicted molar refractivity (Wildman–Crippen MR) is 75.7 cm³/mol. The molecule has 1 aromatic carbocycles. The van der Waals surface area contributed by atoms with Crippen molar-refractivity contribution in [3.63, 3.8) is 0 Å². The smallest absolute Gasteiger partial charge is 0.325 e. The van der Waals surface area contributed by atoms with Crippen molar-refractivity contribution in [1.29, 1.82) is 0 Å². The molecule has 0 spiro atoms. The van der Waals surface area contributed by atoms with Crippen molar-refractivity contribution < 1.29 is 22.0 Å². The molecule has 1 rings (SSSR count). The van der Waals surface area contributed by atoms with Crippen LogP contribution in [0.3, 0.4) is 0 Å². The van der Waals surface area contributed by atoms with Gasteiger partial charge >= 0.3 is 5.76 Å². The van der Waals surface area contributed by atoms with Crippen LogP contribution >= 0.6 is 0 Å². The van der Waals surface area contributed by atoms with Gasteiger partial charge in [-0.15, -0.1) is 0 Å². The van der Waals surface area contributed by atoms with E-state index >= 15 is 0 Å². The molecule has 0 aliphatic carbocycles. The predicted octanol–water partition coefficient (Wildman–Crippen LogP) is 1.99. The highest BCUT2D eigenvalue weighted by Gasteiger charge is 2.26. The number of sulfone groups is 1. The van der Waals surface area contributed by atoms with E-state index in [1.54, 1.807) is 0 Å². The van der Waals surface area contributed by atoms with E-state index in [-0.39, 0.29) is 5.92 Å². The normalized spacial score (nSPS) is 14.8. The Hall–Kier alpha value is -1.54. The van der Waals surface area contributed by atoms with Gasteiger partial charge in [0.25, 0.3) is 0 Å². The lowest BCUT2D eigenvalue weighted by atomic mass is 9.99. The van der Waals surface area contributed by atoms with Gasteiger partial charge in [0.1, 0.15) is 0 Å². The van der Waals surface area contributed by atoms with Crippen LogP contribution in [-0.4, -0.2) is 26.1 Å². The van der Waals surface area contributed by atoms with Gasteiger partial charge in [0.2, 0.25) is 15.7 Å². The van der Waals surface area contributed by atoms with Crippen LogP contribution in [0.5, 0.6) is 0 Å². The molecule has 0 aliphatic heterocycles. The molecule has 0 saturated carbocycles. The molecule has 0 aromatic heterocycles. The number of carbonyl (C=O) groups is 1. The molecule has 0 radical (unpaired) electrons. The highest BCUT2D eigenvalue weighted by Crippen LogP contribution is 2.20. The molecule has 0 fully saturated rings. The third kappa shape index (κ3) is 4.21. The maximum absolute atomic E-state index is 12.4. The molecule has 0 aliphatic rings. The molecule has 5 nitrogen and oxygen atoms in total. The molecule has 0 saturated heterocycles. The Kier molecular flexibility index (Phi) is 5.79. The fraction of sp³-hybridized carbons (Fsp3) is 0.462. The minimum atomic E-state index is -4.63. The van der Waals surface area contributed by atoms with E-state index in [1.807, 2.05) is 13.8 Å². The Balaban J connectivity index is 2.83. The average molecular weight is 320 g/mol. The molecular formula is C13H18F2N2O3S. The van der Waals surface area contributed by atoms with Crippen LogP contribution in [0.1, 0.15) is 20.3 Å². The first-order valence-electron chi connectivity index (χ1n) is 6.38. The van der Waals surface area contributed by atoms with Crippen LogP contribution in [0.25, 0.3) is 0 Å². The summed E-state index contributed by atoms with van der Waals surface area (Å²) in [6.07, 6.45) is 0.736. The monoisotopic (exact) mass is 320 g/mol. The van der Waals surface area contributed by atoms with Crippen molar-refractivity contribution in [2.75, 3.05) is 5.32 Å². The summed E-state index contributed by atoms with van der Waals surface area (Å²) in [5.74, 6) is -3.89. The first-order valence-corrected chi connectivity index (χ1v) is 7.93. The largest absolute Gasteiger partial charge is 0.341 e. The minimum Gasteiger partial charge on any atom is -0.325 e. The Morgan fingerprint density at radius 1 is 1.29 bits per heavy atom. The summed E-state index contributed by atoms with van der Waals surface area (Å²) >= 11 is 0. The van der Waals surface area contributed by atoms with Gasteiger partial charge in [0.15, 0.2) is 0 Å². The van der Waals surface area contributed by atoms with Crippen molar-refractivity contribution in [1.82, 2.24) is 0 Å². The number of hydrogen-bond donors (Lipinski definition) is 2. The zero-order chi connectivity index (χ0) is 16.2. The highest BCUT2D eigenvalue weighted by molar-refractivity contribution is 7.91. The molecule has 0 unspecified atom stereocenters. The van der Waals surface area contributed by atoms with Gasteiger partial charge < -0.3 is 11.1 Å². The number of halogens is 2. The molecule has 0 bridgehead atoms. The number of benzene rings is 1. The Morgan fingerprint density at radius 3 is 2.24 bits per heavy atom. The van der Waals surface area contributed by atoms with E-state index in [0.29, 0.717) is 5.69 Å². The van der Waals surface area contributed by atoms with Crippen molar-refractivity contribution in [3.8, 4) is 0 Å². The number of hydrogen-bond acceptors (Lipinski definition) is 4. The second-order valence-electron chi connectivity index (χ2n) is 4.73. The first kappa shape index (κ1) is 17.5. The van der Waals surface area contributed by atoms with Gasteiger partial charge in [-0.05, 0) is 30.2 Å². The number of alkyl halides is 2. The third-order valence-corrected chi connectivity index (χ3v) is 4.64. The van der Waals surface area contributed by atoms with Crippen LogP contribution in [-0.2, 0) is 14.6 Å². The molecule has 3 N–H and O–H groups in total. The van der Waals surface area contributed by atoms with Crippen LogP contribution in [0.4, 0.5) is 14.5 Å². The van der Waals surface area contributed by atoms with Crippen molar-refractivity contribution in [2.45, 2.75) is 37.0 Å². The van der Waals surface area contributed by atoms with E-state index in [0.717, 1.165) is 18.6 Å². The lowest BCUT2D eigenvalue weighted by Crippen LogP contribution is -2.40. The van der Waals surface area contributed by atoms with E-state index < -0.39 is 32.4 Å². The van der Waals surface area contributed by atoms with Gasteiger partial charge in [-0.25, -0.2) is 8.42 Å². The number of nitrogens with one attached hydrogen (secondary N) is 1. The SMILES string of the molecule is CC[C@H](C)[C@H](N)C(=O)Nc1ccc(S(=O)(=O)C(F)F)cc1. The number of anilines is 1. The highest BCUT2D eigenvalue weighted by atomic mass is 32.2. The van der Waals surface area contributed by atoms with Gasteiger partial charge in [-0.2, -0.15) is 8.78 Å². The van der Waals surface area contributed by atoms with Crippen molar-refractivity contribution >= 4 is 21.4 Å². The summed E-state index contributed by atoms with van der Waals surface area (Å²) in [5.41, 5.74) is 6.05. The molecule has 1 aromatic rings. The lowest BCUT2D eigenvalue weighted by molar-refractivity contribution is -0.118. The zero-order valence-corrected chi connectivity index (χ0v) is 12.5. The number of nitrogens with two attached hydrogens (primary N) is 1. The lowest BCUT2D eigenvalue weighted by Gasteiger charge is -2.17. The van der Waals surface area contributed by atoms with Gasteiger partial charge in [-0.1, -0.05) is 20.3 Å². The summed E-state index contributed by atoms with van der Waals surface area (Å²) in [7, 11) is -4.63. The molecule has 21 heavy (non-hydrogen) atoms. The molecule has 0 heterocycles. The van der Waals surface area contributed by atoms with Crippen LogP contribution in [0.2, 0.25) is 0 Å². The molecule has 2 atom stereocenters. The maximum Gasteiger partial charge on any atom is 0.341 e. The van der Waals surface area contributed by atoms with Gasteiger partial charge in [0.05, 0.1) is 10.9 Å². The molecular weight excluding hydrogens is 302 g/mol. The number of rotatable bonds is 6. The molecule has 8 heteroatoms. The molecule has 1 amide bonds.